The predicted molar refractivity (Wildman–Crippen MR) is 107 cm³/mol. The van der Waals surface area contributed by atoms with Crippen molar-refractivity contribution < 1.29 is 19.1 Å². The Labute approximate surface area is 162 Å². The molecule has 2 aromatic rings. The van der Waals surface area contributed by atoms with Crippen molar-refractivity contribution in [2.24, 2.45) is 4.99 Å². The Balaban J connectivity index is 1.46. The maximum Gasteiger partial charge on any atom is 0.260 e. The summed E-state index contributed by atoms with van der Waals surface area (Å²) in [5.41, 5.74) is 0.660. The van der Waals surface area contributed by atoms with Crippen molar-refractivity contribution in [3.8, 4) is 11.5 Å². The van der Waals surface area contributed by atoms with Crippen LogP contribution in [0.2, 0.25) is 0 Å². The molecule has 0 aromatic heterocycles. The quantitative estimate of drug-likeness (QED) is 0.753. The third-order valence-electron chi connectivity index (χ3n) is 3.71. The van der Waals surface area contributed by atoms with Crippen LogP contribution in [-0.4, -0.2) is 35.3 Å². The molecule has 1 atom stereocenters. The fourth-order valence-electron chi connectivity index (χ4n) is 2.47. The summed E-state index contributed by atoms with van der Waals surface area (Å²) in [4.78, 5) is 28.3. The fourth-order valence-corrected chi connectivity index (χ4v) is 3.46. The van der Waals surface area contributed by atoms with Crippen LogP contribution < -0.4 is 14.8 Å². The number of thioether (sulfide) groups is 1. The normalized spacial score (nSPS) is 16.0. The SMILES string of the molecule is CCOc1ccc(NC(=O)C[C@H]2SC(COc3ccccc3)=NC2=O)cc1. The zero-order valence-electron chi connectivity index (χ0n) is 14.9. The van der Waals surface area contributed by atoms with Crippen LogP contribution in [0.15, 0.2) is 59.6 Å². The van der Waals surface area contributed by atoms with Gasteiger partial charge >= 0.3 is 0 Å². The largest absolute Gasteiger partial charge is 0.494 e. The Morgan fingerprint density at radius 1 is 1.07 bits per heavy atom. The highest BCUT2D eigenvalue weighted by atomic mass is 32.2. The molecule has 0 spiro atoms. The lowest BCUT2D eigenvalue weighted by Gasteiger charge is -2.09. The molecule has 7 heteroatoms. The third-order valence-corrected chi connectivity index (χ3v) is 4.85. The van der Waals surface area contributed by atoms with Crippen LogP contribution in [-0.2, 0) is 9.59 Å². The minimum absolute atomic E-state index is 0.0645. The van der Waals surface area contributed by atoms with Gasteiger partial charge in [0.1, 0.15) is 28.4 Å². The first-order chi connectivity index (χ1) is 13.1. The second-order valence-electron chi connectivity index (χ2n) is 5.76. The molecule has 2 aromatic carbocycles. The Hall–Kier alpha value is -2.80. The summed E-state index contributed by atoms with van der Waals surface area (Å²) in [6.45, 7) is 2.72. The molecule has 27 heavy (non-hydrogen) atoms. The molecule has 0 saturated heterocycles. The first-order valence-electron chi connectivity index (χ1n) is 8.62. The molecular weight excluding hydrogens is 364 g/mol. The van der Waals surface area contributed by atoms with E-state index in [4.69, 9.17) is 9.47 Å². The number of benzene rings is 2. The smallest absolute Gasteiger partial charge is 0.260 e. The Morgan fingerprint density at radius 3 is 2.48 bits per heavy atom. The molecule has 0 aliphatic carbocycles. The van der Waals surface area contributed by atoms with Gasteiger partial charge in [-0.15, -0.1) is 0 Å². The van der Waals surface area contributed by atoms with Crippen molar-refractivity contribution in [2.45, 2.75) is 18.6 Å². The van der Waals surface area contributed by atoms with E-state index in [1.807, 2.05) is 37.3 Å². The van der Waals surface area contributed by atoms with Gasteiger partial charge in [0.2, 0.25) is 5.91 Å². The fraction of sp³-hybridized carbons (Fsp3) is 0.250. The van der Waals surface area contributed by atoms with Crippen molar-refractivity contribution in [3.63, 3.8) is 0 Å². The van der Waals surface area contributed by atoms with Crippen molar-refractivity contribution in [1.29, 1.82) is 0 Å². The molecule has 1 aliphatic rings. The first-order valence-corrected chi connectivity index (χ1v) is 9.50. The summed E-state index contributed by atoms with van der Waals surface area (Å²) in [7, 11) is 0. The van der Waals surface area contributed by atoms with E-state index in [9.17, 15) is 9.59 Å². The molecule has 0 saturated carbocycles. The third kappa shape index (κ3) is 5.59. The van der Waals surface area contributed by atoms with Crippen molar-refractivity contribution in [3.05, 3.63) is 54.6 Å². The van der Waals surface area contributed by atoms with Gasteiger partial charge in [-0.05, 0) is 43.3 Å². The van der Waals surface area contributed by atoms with E-state index in [1.54, 1.807) is 24.3 Å². The monoisotopic (exact) mass is 384 g/mol. The number of nitrogens with zero attached hydrogens (tertiary/aromatic N) is 1. The summed E-state index contributed by atoms with van der Waals surface area (Å²) in [5.74, 6) is 0.928. The molecule has 0 bridgehead atoms. The zero-order chi connectivity index (χ0) is 19.1. The number of carbonyl (C=O) groups excluding carboxylic acids is 2. The van der Waals surface area contributed by atoms with Crippen LogP contribution in [0.4, 0.5) is 5.69 Å². The van der Waals surface area contributed by atoms with Crippen molar-refractivity contribution in [2.75, 3.05) is 18.5 Å². The maximum atomic E-state index is 12.2. The Morgan fingerprint density at radius 2 is 1.78 bits per heavy atom. The van der Waals surface area contributed by atoms with Gasteiger partial charge < -0.3 is 14.8 Å². The van der Waals surface area contributed by atoms with Gasteiger partial charge in [0, 0.05) is 12.1 Å². The number of nitrogens with one attached hydrogen (secondary N) is 1. The molecule has 140 valence electrons. The van der Waals surface area contributed by atoms with Crippen LogP contribution in [0.1, 0.15) is 13.3 Å². The summed E-state index contributed by atoms with van der Waals surface area (Å²) < 4.78 is 11.0. The molecule has 2 amide bonds. The minimum atomic E-state index is -0.512. The highest BCUT2D eigenvalue weighted by Crippen LogP contribution is 2.26. The highest BCUT2D eigenvalue weighted by molar-refractivity contribution is 8.15. The summed E-state index contributed by atoms with van der Waals surface area (Å²) in [6, 6.07) is 16.4. The topological polar surface area (TPSA) is 77.0 Å². The molecule has 3 rings (SSSR count). The molecule has 0 radical (unpaired) electrons. The molecule has 1 N–H and O–H groups in total. The van der Waals surface area contributed by atoms with Gasteiger partial charge in [-0.25, -0.2) is 4.99 Å². The lowest BCUT2D eigenvalue weighted by Crippen LogP contribution is -2.21. The number of amides is 2. The van der Waals surface area contributed by atoms with Crippen LogP contribution >= 0.6 is 11.8 Å². The first kappa shape index (κ1) is 19.0. The van der Waals surface area contributed by atoms with Crippen LogP contribution in [0.3, 0.4) is 0 Å². The van der Waals surface area contributed by atoms with Gasteiger partial charge in [-0.1, -0.05) is 30.0 Å². The number of hydrogen-bond acceptors (Lipinski definition) is 5. The number of para-hydroxylation sites is 1. The van der Waals surface area contributed by atoms with Crippen LogP contribution in [0, 0.1) is 0 Å². The van der Waals surface area contributed by atoms with Gasteiger partial charge in [0.15, 0.2) is 0 Å². The number of anilines is 1. The second kappa shape index (κ2) is 9.23. The molecular formula is C20H20N2O4S. The lowest BCUT2D eigenvalue weighted by molar-refractivity contribution is -0.121. The van der Waals surface area contributed by atoms with E-state index >= 15 is 0 Å². The number of ether oxygens (including phenoxy) is 2. The molecule has 1 aliphatic heterocycles. The number of aliphatic imine (C=N–C) groups is 1. The number of rotatable bonds is 8. The molecule has 6 nitrogen and oxygen atoms in total. The zero-order valence-corrected chi connectivity index (χ0v) is 15.7. The van der Waals surface area contributed by atoms with E-state index in [2.05, 4.69) is 10.3 Å². The summed E-state index contributed by atoms with van der Waals surface area (Å²) in [6.07, 6.45) is 0.0645. The number of hydrogen-bond donors (Lipinski definition) is 1. The van der Waals surface area contributed by atoms with Gasteiger partial charge in [0.05, 0.1) is 6.61 Å². The predicted octanol–water partition coefficient (Wildman–Crippen LogP) is 3.53. The summed E-state index contributed by atoms with van der Waals surface area (Å²) >= 11 is 1.28. The van der Waals surface area contributed by atoms with Crippen LogP contribution in [0.25, 0.3) is 0 Å². The van der Waals surface area contributed by atoms with E-state index in [0.29, 0.717) is 23.1 Å². The van der Waals surface area contributed by atoms with Crippen molar-refractivity contribution >= 4 is 34.3 Å². The highest BCUT2D eigenvalue weighted by Gasteiger charge is 2.30. The summed E-state index contributed by atoms with van der Waals surface area (Å²) in [5, 5.41) is 2.86. The lowest BCUT2D eigenvalue weighted by atomic mass is 10.2. The maximum absolute atomic E-state index is 12.2. The van der Waals surface area contributed by atoms with Gasteiger partial charge in [0.25, 0.3) is 5.91 Å². The standard InChI is InChI=1S/C20H20N2O4S/c1-2-25-16-10-8-14(9-11-16)21-18(23)12-17-20(24)22-19(27-17)13-26-15-6-4-3-5-7-15/h3-11,17H,2,12-13H2,1H3,(H,21,23)/t17-/m1/s1. The average molecular weight is 384 g/mol. The van der Waals surface area contributed by atoms with Crippen molar-refractivity contribution in [1.82, 2.24) is 0 Å². The van der Waals surface area contributed by atoms with E-state index in [-0.39, 0.29) is 24.8 Å². The minimum Gasteiger partial charge on any atom is -0.494 e. The Kier molecular flexibility index (Phi) is 6.49. The van der Waals surface area contributed by atoms with E-state index in [0.717, 1.165) is 5.75 Å². The molecule has 0 fully saturated rings. The average Bonchev–Trinajstić information content (AvgIpc) is 3.02. The Bertz CT molecular complexity index is 822. The molecule has 0 unspecified atom stereocenters. The van der Waals surface area contributed by atoms with E-state index in [1.165, 1.54) is 11.8 Å². The van der Waals surface area contributed by atoms with Gasteiger partial charge in [-0.3, -0.25) is 9.59 Å². The number of carbonyl (C=O) groups is 2. The van der Waals surface area contributed by atoms with Gasteiger partial charge in [-0.2, -0.15) is 0 Å². The van der Waals surface area contributed by atoms with E-state index < -0.39 is 5.25 Å². The molecule has 1 heterocycles. The van der Waals surface area contributed by atoms with Crippen LogP contribution in [0.5, 0.6) is 11.5 Å². The second-order valence-corrected chi connectivity index (χ2v) is 7.04.